The number of hydrogen-bond donors (Lipinski definition) is 0. The van der Waals surface area contributed by atoms with Crippen LogP contribution < -0.4 is 0 Å². The van der Waals surface area contributed by atoms with E-state index in [9.17, 15) is 9.59 Å². The van der Waals surface area contributed by atoms with Crippen molar-refractivity contribution < 1.29 is 9.59 Å². The third-order valence-electron chi connectivity index (χ3n) is 1.45. The first-order valence-corrected chi connectivity index (χ1v) is 4.01. The lowest BCUT2D eigenvalue weighted by atomic mass is 10.2. The van der Waals surface area contributed by atoms with E-state index in [1.807, 2.05) is 0 Å². The smallest absolute Gasteiger partial charge is 0.266 e. The molecule has 1 unspecified atom stereocenters. The van der Waals surface area contributed by atoms with E-state index < -0.39 is 11.3 Å². The van der Waals surface area contributed by atoms with Crippen molar-refractivity contribution in [3.63, 3.8) is 0 Å². The molecule has 2 amide bonds. The monoisotopic (exact) mass is 201 g/mol. The SMILES string of the molecule is CC(=O)N=C1C=NN(C)C(=O)C1Cl. The van der Waals surface area contributed by atoms with Gasteiger partial charge in [-0.15, -0.1) is 11.6 Å². The van der Waals surface area contributed by atoms with Crippen LogP contribution in [0.2, 0.25) is 0 Å². The van der Waals surface area contributed by atoms with Gasteiger partial charge in [0.2, 0.25) is 5.91 Å². The second-order valence-electron chi connectivity index (χ2n) is 2.52. The van der Waals surface area contributed by atoms with Gasteiger partial charge >= 0.3 is 0 Å². The standard InChI is InChI=1S/C7H8ClN3O2/c1-4(12)10-5-3-9-11(2)7(13)6(5)8/h3,6H,1-2H3. The number of alkyl halides is 1. The fourth-order valence-corrected chi connectivity index (χ4v) is 1.07. The van der Waals surface area contributed by atoms with Gasteiger partial charge in [0.05, 0.1) is 11.9 Å². The quantitative estimate of drug-likeness (QED) is 0.520. The highest BCUT2D eigenvalue weighted by Crippen LogP contribution is 2.08. The summed E-state index contributed by atoms with van der Waals surface area (Å²) in [6.45, 7) is 1.28. The molecule has 1 atom stereocenters. The highest BCUT2D eigenvalue weighted by atomic mass is 35.5. The Bertz CT molecular complexity index is 311. The highest BCUT2D eigenvalue weighted by Gasteiger charge is 2.27. The molecule has 1 aliphatic heterocycles. The third-order valence-corrected chi connectivity index (χ3v) is 1.86. The van der Waals surface area contributed by atoms with E-state index in [1.165, 1.54) is 20.2 Å². The molecule has 0 aliphatic carbocycles. The van der Waals surface area contributed by atoms with Crippen LogP contribution in [0.25, 0.3) is 0 Å². The maximum atomic E-state index is 11.2. The minimum atomic E-state index is -0.911. The molecular weight excluding hydrogens is 194 g/mol. The zero-order valence-corrected chi connectivity index (χ0v) is 7.95. The first kappa shape index (κ1) is 9.85. The molecule has 0 bridgehead atoms. The lowest BCUT2D eigenvalue weighted by molar-refractivity contribution is -0.128. The van der Waals surface area contributed by atoms with Gasteiger partial charge < -0.3 is 0 Å². The number of amides is 2. The minimum absolute atomic E-state index is 0.192. The summed E-state index contributed by atoms with van der Waals surface area (Å²) >= 11 is 5.71. The summed E-state index contributed by atoms with van der Waals surface area (Å²) in [5, 5.41) is 3.88. The number of hydrazone groups is 1. The molecule has 0 radical (unpaired) electrons. The van der Waals surface area contributed by atoms with Crippen LogP contribution in [0.3, 0.4) is 0 Å². The largest absolute Gasteiger partial charge is 0.273 e. The maximum absolute atomic E-state index is 11.2. The van der Waals surface area contributed by atoms with Crippen molar-refractivity contribution in [3.05, 3.63) is 0 Å². The summed E-state index contributed by atoms with van der Waals surface area (Å²) in [4.78, 5) is 25.4. The fourth-order valence-electron chi connectivity index (χ4n) is 0.826. The summed E-state index contributed by atoms with van der Waals surface area (Å²) in [6, 6.07) is 0. The first-order valence-electron chi connectivity index (χ1n) is 3.57. The minimum Gasteiger partial charge on any atom is -0.273 e. The average molecular weight is 202 g/mol. The summed E-state index contributed by atoms with van der Waals surface area (Å²) in [6.07, 6.45) is 1.31. The van der Waals surface area contributed by atoms with E-state index in [0.717, 1.165) is 5.01 Å². The first-order chi connectivity index (χ1) is 6.02. The fraction of sp³-hybridized carbons (Fsp3) is 0.429. The number of carbonyl (C=O) groups is 2. The normalized spacial score (nSPS) is 25.5. The van der Waals surface area contributed by atoms with Crippen LogP contribution in [0, 0.1) is 0 Å². The molecule has 0 spiro atoms. The zero-order chi connectivity index (χ0) is 10.0. The molecule has 1 heterocycles. The maximum Gasteiger partial charge on any atom is 0.266 e. The zero-order valence-electron chi connectivity index (χ0n) is 7.19. The number of hydrogen-bond acceptors (Lipinski definition) is 3. The Labute approximate surface area is 80.1 Å². The summed E-state index contributed by atoms with van der Waals surface area (Å²) < 4.78 is 0. The number of rotatable bonds is 0. The molecule has 0 saturated heterocycles. The Morgan fingerprint density at radius 3 is 2.92 bits per heavy atom. The molecule has 6 heteroatoms. The summed E-state index contributed by atoms with van der Waals surface area (Å²) in [7, 11) is 1.48. The topological polar surface area (TPSA) is 62.1 Å². The van der Waals surface area contributed by atoms with Crippen LogP contribution in [0.15, 0.2) is 10.1 Å². The summed E-state index contributed by atoms with van der Waals surface area (Å²) in [5.74, 6) is -0.784. The molecule has 0 fully saturated rings. The Morgan fingerprint density at radius 1 is 1.77 bits per heavy atom. The van der Waals surface area contributed by atoms with Gasteiger partial charge in [0.15, 0.2) is 5.38 Å². The molecule has 1 rings (SSSR count). The van der Waals surface area contributed by atoms with Gasteiger partial charge in [-0.1, -0.05) is 0 Å². The van der Waals surface area contributed by atoms with Gasteiger partial charge in [-0.2, -0.15) is 5.10 Å². The van der Waals surface area contributed by atoms with Crippen LogP contribution in [-0.4, -0.2) is 41.2 Å². The molecule has 0 N–H and O–H groups in total. The lowest BCUT2D eigenvalue weighted by Crippen LogP contribution is -2.40. The average Bonchev–Trinajstić information content (AvgIpc) is 2.06. The van der Waals surface area contributed by atoms with Crippen LogP contribution in [0.5, 0.6) is 0 Å². The second-order valence-corrected chi connectivity index (χ2v) is 2.96. The van der Waals surface area contributed by atoms with Crippen LogP contribution in [0.4, 0.5) is 0 Å². The third kappa shape index (κ3) is 2.12. The molecule has 0 aromatic carbocycles. The van der Waals surface area contributed by atoms with Gasteiger partial charge in [-0.3, -0.25) is 9.59 Å². The van der Waals surface area contributed by atoms with Crippen LogP contribution in [-0.2, 0) is 9.59 Å². The molecule has 5 nitrogen and oxygen atoms in total. The van der Waals surface area contributed by atoms with Gasteiger partial charge in [0.25, 0.3) is 5.91 Å². The van der Waals surface area contributed by atoms with E-state index in [1.54, 1.807) is 0 Å². The molecule has 0 aromatic heterocycles. The molecule has 70 valence electrons. The number of aliphatic imine (C=N–C) groups is 1. The van der Waals surface area contributed by atoms with E-state index in [4.69, 9.17) is 11.6 Å². The van der Waals surface area contributed by atoms with Crippen molar-refractivity contribution in [2.75, 3.05) is 7.05 Å². The van der Waals surface area contributed by atoms with E-state index in [0.29, 0.717) is 0 Å². The van der Waals surface area contributed by atoms with Crippen molar-refractivity contribution in [2.45, 2.75) is 12.3 Å². The lowest BCUT2D eigenvalue weighted by Gasteiger charge is -2.19. The number of halogens is 1. The molecule has 1 aliphatic rings. The predicted molar refractivity (Wildman–Crippen MR) is 49.0 cm³/mol. The Kier molecular flexibility index (Phi) is 2.77. The number of nitrogens with zero attached hydrogens (tertiary/aromatic N) is 3. The van der Waals surface area contributed by atoms with Gasteiger partial charge in [0, 0.05) is 14.0 Å². The molecule has 0 aromatic rings. The summed E-state index contributed by atoms with van der Waals surface area (Å²) in [5.41, 5.74) is 0.192. The van der Waals surface area contributed by atoms with Crippen molar-refractivity contribution in [1.82, 2.24) is 5.01 Å². The number of carbonyl (C=O) groups excluding carboxylic acids is 2. The molecule has 13 heavy (non-hydrogen) atoms. The van der Waals surface area contributed by atoms with Crippen LogP contribution >= 0.6 is 11.6 Å². The van der Waals surface area contributed by atoms with Gasteiger partial charge in [-0.05, 0) is 0 Å². The Balaban J connectivity index is 2.97. The predicted octanol–water partition coefficient (Wildman–Crippen LogP) is 0.0391. The van der Waals surface area contributed by atoms with Gasteiger partial charge in [0.1, 0.15) is 0 Å². The van der Waals surface area contributed by atoms with Gasteiger partial charge in [-0.25, -0.2) is 10.0 Å². The Morgan fingerprint density at radius 2 is 2.38 bits per heavy atom. The van der Waals surface area contributed by atoms with E-state index in [2.05, 4.69) is 10.1 Å². The highest BCUT2D eigenvalue weighted by molar-refractivity contribution is 6.55. The Hall–Kier alpha value is -1.23. The second kappa shape index (κ2) is 3.66. The van der Waals surface area contributed by atoms with Crippen LogP contribution in [0.1, 0.15) is 6.92 Å². The van der Waals surface area contributed by atoms with E-state index >= 15 is 0 Å². The van der Waals surface area contributed by atoms with Crippen molar-refractivity contribution in [2.24, 2.45) is 10.1 Å². The van der Waals surface area contributed by atoms with Crippen molar-refractivity contribution in [1.29, 1.82) is 0 Å². The van der Waals surface area contributed by atoms with Crippen molar-refractivity contribution >= 4 is 35.3 Å². The molecule has 0 saturated carbocycles. The van der Waals surface area contributed by atoms with Crippen molar-refractivity contribution in [3.8, 4) is 0 Å². The van der Waals surface area contributed by atoms with E-state index in [-0.39, 0.29) is 11.6 Å². The molecular formula is C7H8ClN3O2.